The number of thiophene rings is 1. The summed E-state index contributed by atoms with van der Waals surface area (Å²) in [6.45, 7) is 0. The highest BCUT2D eigenvalue weighted by molar-refractivity contribution is 9.08. The monoisotopic (exact) mass is 201 g/mol. The number of hydrogen-bond donors (Lipinski definition) is 0. The molecular weight excluding hydrogens is 198 g/mol. The molecule has 0 saturated heterocycles. The molecule has 0 radical (unpaired) electrons. The summed E-state index contributed by atoms with van der Waals surface area (Å²) < 4.78 is 0. The summed E-state index contributed by atoms with van der Waals surface area (Å²) in [5.74, 6) is 0. The molecule has 3 heteroatoms. The maximum absolute atomic E-state index is 8.39. The average Bonchev–Trinajstić information content (AvgIpc) is 2.34. The third-order valence-electron chi connectivity index (χ3n) is 0.915. The molecule has 0 saturated carbocycles. The maximum Gasteiger partial charge on any atom is 0.100 e. The number of rotatable bonds is 1. The number of alkyl halides is 1. The molecule has 0 aliphatic carbocycles. The van der Waals surface area contributed by atoms with Crippen molar-refractivity contribution in [2.75, 3.05) is 0 Å². The molecule has 0 amide bonds. The minimum Gasteiger partial charge on any atom is -0.192 e. The first-order valence-corrected chi connectivity index (χ1v) is 4.40. The van der Waals surface area contributed by atoms with Crippen molar-refractivity contribution in [1.29, 1.82) is 5.26 Å². The first-order valence-electron chi connectivity index (χ1n) is 2.40. The smallest absolute Gasteiger partial charge is 0.100 e. The van der Waals surface area contributed by atoms with Gasteiger partial charge in [0, 0.05) is 15.6 Å². The normalized spacial score (nSPS) is 8.89. The zero-order valence-corrected chi connectivity index (χ0v) is 7.00. The van der Waals surface area contributed by atoms with E-state index in [2.05, 4.69) is 22.0 Å². The lowest BCUT2D eigenvalue weighted by Crippen LogP contribution is -1.63. The maximum atomic E-state index is 8.39. The summed E-state index contributed by atoms with van der Waals surface area (Å²) in [4.78, 5) is 1.20. The second kappa shape index (κ2) is 3.00. The van der Waals surface area contributed by atoms with E-state index in [0.717, 1.165) is 10.9 Å². The number of nitrogens with zero attached hydrogens (tertiary/aromatic N) is 1. The Morgan fingerprint density at radius 2 is 2.56 bits per heavy atom. The van der Waals surface area contributed by atoms with Gasteiger partial charge in [0.25, 0.3) is 0 Å². The fourth-order valence-electron chi connectivity index (χ4n) is 0.509. The van der Waals surface area contributed by atoms with Crippen molar-refractivity contribution in [3.05, 3.63) is 21.9 Å². The van der Waals surface area contributed by atoms with Gasteiger partial charge in [-0.1, -0.05) is 15.9 Å². The van der Waals surface area contributed by atoms with Gasteiger partial charge in [-0.3, -0.25) is 0 Å². The van der Waals surface area contributed by atoms with Gasteiger partial charge in [0.2, 0.25) is 0 Å². The molecule has 0 aromatic carbocycles. The fourth-order valence-corrected chi connectivity index (χ4v) is 1.72. The van der Waals surface area contributed by atoms with Crippen LogP contribution in [0.5, 0.6) is 0 Å². The summed E-state index contributed by atoms with van der Waals surface area (Å²) in [6.07, 6.45) is 0. The van der Waals surface area contributed by atoms with E-state index in [-0.39, 0.29) is 0 Å². The van der Waals surface area contributed by atoms with Gasteiger partial charge in [0.05, 0.1) is 5.56 Å². The molecule has 0 aliphatic rings. The minimum absolute atomic E-state index is 0.759. The van der Waals surface area contributed by atoms with Crippen LogP contribution in [-0.2, 0) is 5.33 Å². The molecule has 1 aromatic heterocycles. The minimum atomic E-state index is 0.759. The lowest BCUT2D eigenvalue weighted by Gasteiger charge is -1.77. The largest absolute Gasteiger partial charge is 0.192 e. The Morgan fingerprint density at radius 3 is 2.89 bits per heavy atom. The van der Waals surface area contributed by atoms with E-state index in [1.165, 1.54) is 4.88 Å². The Bertz CT molecular complexity index is 235. The number of halogens is 1. The van der Waals surface area contributed by atoms with Crippen molar-refractivity contribution in [1.82, 2.24) is 0 Å². The molecule has 0 aliphatic heterocycles. The van der Waals surface area contributed by atoms with Crippen molar-refractivity contribution in [2.45, 2.75) is 5.33 Å². The van der Waals surface area contributed by atoms with Crippen molar-refractivity contribution >= 4 is 27.3 Å². The van der Waals surface area contributed by atoms with Gasteiger partial charge in [0.1, 0.15) is 6.07 Å². The third kappa shape index (κ3) is 1.54. The van der Waals surface area contributed by atoms with Crippen molar-refractivity contribution in [3.63, 3.8) is 0 Å². The van der Waals surface area contributed by atoms with Gasteiger partial charge < -0.3 is 0 Å². The van der Waals surface area contributed by atoms with Crippen molar-refractivity contribution < 1.29 is 0 Å². The van der Waals surface area contributed by atoms with Gasteiger partial charge in [0.15, 0.2) is 0 Å². The van der Waals surface area contributed by atoms with Gasteiger partial charge in [-0.05, 0) is 6.07 Å². The van der Waals surface area contributed by atoms with Crippen LogP contribution in [0.25, 0.3) is 0 Å². The summed E-state index contributed by atoms with van der Waals surface area (Å²) >= 11 is 4.91. The van der Waals surface area contributed by atoms with E-state index in [9.17, 15) is 0 Å². The lowest BCUT2D eigenvalue weighted by atomic mass is 10.3. The Balaban J connectivity index is 2.90. The molecule has 46 valence electrons. The molecule has 0 atom stereocenters. The SMILES string of the molecule is N#Cc1csc(CBr)c1. The molecule has 0 bridgehead atoms. The van der Waals surface area contributed by atoms with E-state index in [4.69, 9.17) is 5.26 Å². The first kappa shape index (κ1) is 6.79. The third-order valence-corrected chi connectivity index (χ3v) is 2.83. The Labute approximate surface area is 66.1 Å². The van der Waals surface area contributed by atoms with Crippen LogP contribution in [0.3, 0.4) is 0 Å². The molecular formula is C6H4BrNS. The van der Waals surface area contributed by atoms with Crippen LogP contribution in [0, 0.1) is 11.3 Å². The molecule has 1 aromatic rings. The molecule has 1 nitrogen and oxygen atoms in total. The molecule has 0 spiro atoms. The fraction of sp³-hybridized carbons (Fsp3) is 0.167. The van der Waals surface area contributed by atoms with Crippen LogP contribution >= 0.6 is 27.3 Å². The summed E-state index contributed by atoms with van der Waals surface area (Å²) in [5, 5.41) is 11.1. The molecule has 0 N–H and O–H groups in total. The van der Waals surface area contributed by atoms with Crippen LogP contribution in [-0.4, -0.2) is 0 Å². The van der Waals surface area contributed by atoms with Crippen LogP contribution in [0.4, 0.5) is 0 Å². The summed E-state index contributed by atoms with van der Waals surface area (Å²) in [6, 6.07) is 3.96. The highest BCUT2D eigenvalue weighted by Gasteiger charge is 1.94. The quantitative estimate of drug-likeness (QED) is 0.642. The molecule has 9 heavy (non-hydrogen) atoms. The second-order valence-corrected chi connectivity index (χ2v) is 3.10. The second-order valence-electron chi connectivity index (χ2n) is 1.55. The van der Waals surface area contributed by atoms with Gasteiger partial charge >= 0.3 is 0 Å². The molecule has 0 fully saturated rings. The van der Waals surface area contributed by atoms with Gasteiger partial charge in [-0.15, -0.1) is 11.3 Å². The first-order chi connectivity index (χ1) is 4.36. The van der Waals surface area contributed by atoms with Crippen LogP contribution in [0.15, 0.2) is 11.4 Å². The van der Waals surface area contributed by atoms with Crippen LogP contribution in [0.1, 0.15) is 10.4 Å². The predicted molar refractivity (Wildman–Crippen MR) is 41.7 cm³/mol. The van der Waals surface area contributed by atoms with E-state index < -0.39 is 0 Å². The van der Waals surface area contributed by atoms with Crippen LogP contribution in [0.2, 0.25) is 0 Å². The zero-order valence-electron chi connectivity index (χ0n) is 4.60. The van der Waals surface area contributed by atoms with Crippen LogP contribution < -0.4 is 0 Å². The standard InChI is InChI=1S/C6H4BrNS/c7-2-6-1-5(3-8)4-9-6/h1,4H,2H2. The van der Waals surface area contributed by atoms with Gasteiger partial charge in [-0.2, -0.15) is 5.26 Å². The average molecular weight is 202 g/mol. The van der Waals surface area contributed by atoms with Gasteiger partial charge in [-0.25, -0.2) is 0 Å². The van der Waals surface area contributed by atoms with Crippen molar-refractivity contribution in [2.24, 2.45) is 0 Å². The number of hydrogen-bond acceptors (Lipinski definition) is 2. The Morgan fingerprint density at radius 1 is 1.78 bits per heavy atom. The molecule has 1 rings (SSSR count). The lowest BCUT2D eigenvalue weighted by molar-refractivity contribution is 1.49. The van der Waals surface area contributed by atoms with E-state index in [1.54, 1.807) is 11.3 Å². The predicted octanol–water partition coefficient (Wildman–Crippen LogP) is 2.51. The zero-order chi connectivity index (χ0) is 6.69. The molecule has 0 unspecified atom stereocenters. The van der Waals surface area contributed by atoms with E-state index >= 15 is 0 Å². The highest BCUT2D eigenvalue weighted by atomic mass is 79.9. The van der Waals surface area contributed by atoms with E-state index in [1.807, 2.05) is 11.4 Å². The Hall–Kier alpha value is -0.330. The van der Waals surface area contributed by atoms with E-state index in [0.29, 0.717) is 0 Å². The highest BCUT2D eigenvalue weighted by Crippen LogP contribution is 2.16. The topological polar surface area (TPSA) is 23.8 Å². The Kier molecular flexibility index (Phi) is 2.26. The summed E-state index contributed by atoms with van der Waals surface area (Å²) in [7, 11) is 0. The number of nitriles is 1. The summed E-state index contributed by atoms with van der Waals surface area (Å²) in [5.41, 5.74) is 0.759. The van der Waals surface area contributed by atoms with Crippen molar-refractivity contribution in [3.8, 4) is 6.07 Å². The molecule has 1 heterocycles.